The molecule has 0 bridgehead atoms. The molecule has 2 aromatic rings. The second kappa shape index (κ2) is 7.48. The number of hydrogen-bond acceptors (Lipinski definition) is 6. The number of aliphatic hydroxyl groups excluding tert-OH is 1. The van der Waals surface area contributed by atoms with Gasteiger partial charge in [-0.2, -0.15) is 0 Å². The summed E-state index contributed by atoms with van der Waals surface area (Å²) >= 11 is 0. The van der Waals surface area contributed by atoms with Crippen LogP contribution >= 0.6 is 0 Å². The Labute approximate surface area is 159 Å². The largest absolute Gasteiger partial charge is 0.507 e. The molecule has 0 heterocycles. The Morgan fingerprint density at radius 1 is 0.964 bits per heavy atom. The summed E-state index contributed by atoms with van der Waals surface area (Å²) in [5.41, 5.74) is 0.510. The minimum Gasteiger partial charge on any atom is -0.507 e. The topological polar surface area (TPSA) is 118 Å². The molecule has 2 aromatic carbocycles. The quantitative estimate of drug-likeness (QED) is 0.605. The number of carbonyl (C=O) groups excluding carboxylic acids is 3. The van der Waals surface area contributed by atoms with Gasteiger partial charge in [0.25, 0.3) is 0 Å². The number of benzene rings is 2. The number of esters is 1. The van der Waals surface area contributed by atoms with Crippen LogP contribution in [0, 0.1) is 0 Å². The molecule has 0 aromatic heterocycles. The zero-order chi connectivity index (χ0) is 20.4. The van der Waals surface area contributed by atoms with Crippen LogP contribution in [0.1, 0.15) is 44.2 Å². The number of aliphatic hydroxyl groups is 1. The molecule has 0 amide bonds. The van der Waals surface area contributed by atoms with E-state index in [1.807, 2.05) is 0 Å². The number of aromatic carboxylic acids is 1. The van der Waals surface area contributed by atoms with Crippen molar-refractivity contribution in [1.82, 2.24) is 0 Å². The summed E-state index contributed by atoms with van der Waals surface area (Å²) in [7, 11) is 1.18. The van der Waals surface area contributed by atoms with E-state index in [-0.39, 0.29) is 34.4 Å². The van der Waals surface area contributed by atoms with Crippen molar-refractivity contribution < 1.29 is 34.1 Å². The number of carboxylic acids is 1. The molecule has 3 rings (SSSR count). The van der Waals surface area contributed by atoms with Gasteiger partial charge >= 0.3 is 11.9 Å². The molecule has 0 radical (unpaired) electrons. The third-order valence-corrected chi connectivity index (χ3v) is 4.64. The first kappa shape index (κ1) is 19.0. The number of carbonyl (C=O) groups is 4. The Morgan fingerprint density at radius 3 is 2.14 bits per heavy atom. The number of hydrogen-bond donors (Lipinski definition) is 2. The highest BCUT2D eigenvalue weighted by atomic mass is 16.5. The number of methoxy groups -OCH3 is 1. The third kappa shape index (κ3) is 3.29. The first-order chi connectivity index (χ1) is 13.3. The summed E-state index contributed by atoms with van der Waals surface area (Å²) in [6.45, 7) is 0. The molecule has 0 fully saturated rings. The van der Waals surface area contributed by atoms with E-state index >= 15 is 0 Å². The molecule has 0 saturated carbocycles. The Bertz CT molecular complexity index is 1020. The van der Waals surface area contributed by atoms with Crippen LogP contribution in [-0.2, 0) is 14.3 Å². The lowest BCUT2D eigenvalue weighted by molar-refractivity contribution is -0.140. The molecular weight excluding hydrogens is 364 g/mol. The molecule has 0 unspecified atom stereocenters. The lowest BCUT2D eigenvalue weighted by Crippen LogP contribution is -2.28. The monoisotopic (exact) mass is 380 g/mol. The summed E-state index contributed by atoms with van der Waals surface area (Å²) in [5, 5.41) is 19.8. The summed E-state index contributed by atoms with van der Waals surface area (Å²) in [6, 6.07) is 11.7. The number of allylic oxidation sites excluding steroid dienone is 1. The Hall–Kier alpha value is -3.74. The minimum absolute atomic E-state index is 0.0233. The van der Waals surface area contributed by atoms with Gasteiger partial charge in [0.15, 0.2) is 0 Å². The molecule has 2 N–H and O–H groups in total. The van der Waals surface area contributed by atoms with Crippen LogP contribution in [0.4, 0.5) is 0 Å². The summed E-state index contributed by atoms with van der Waals surface area (Å²) < 4.78 is 4.69. The van der Waals surface area contributed by atoms with Crippen molar-refractivity contribution in [1.29, 1.82) is 0 Å². The molecule has 142 valence electrons. The van der Waals surface area contributed by atoms with E-state index < -0.39 is 29.4 Å². The molecule has 7 heteroatoms. The Morgan fingerprint density at radius 2 is 1.57 bits per heavy atom. The van der Waals surface area contributed by atoms with E-state index in [4.69, 9.17) is 5.11 Å². The molecule has 0 saturated heterocycles. The van der Waals surface area contributed by atoms with Gasteiger partial charge in [-0.05, 0) is 17.7 Å². The van der Waals surface area contributed by atoms with E-state index in [1.165, 1.54) is 43.5 Å². The van der Waals surface area contributed by atoms with Crippen molar-refractivity contribution >= 4 is 29.3 Å². The Balaban J connectivity index is 2.17. The van der Waals surface area contributed by atoms with Crippen LogP contribution in [0.2, 0.25) is 0 Å². The molecule has 1 aliphatic carbocycles. The number of Topliss-reactive ketones (excluding diaryl/α,β-unsaturated/α-hetero) is 2. The smallest absolute Gasteiger partial charge is 0.335 e. The van der Waals surface area contributed by atoms with Crippen LogP contribution in [-0.4, -0.2) is 40.8 Å². The zero-order valence-corrected chi connectivity index (χ0v) is 14.8. The lowest BCUT2D eigenvalue weighted by atomic mass is 9.78. The predicted octanol–water partition coefficient (Wildman–Crippen LogP) is 2.77. The van der Waals surface area contributed by atoms with Crippen LogP contribution in [0.15, 0.2) is 54.1 Å². The van der Waals surface area contributed by atoms with Gasteiger partial charge in [-0.15, -0.1) is 0 Å². The van der Waals surface area contributed by atoms with Gasteiger partial charge in [0.1, 0.15) is 5.76 Å². The van der Waals surface area contributed by atoms with E-state index in [0.29, 0.717) is 5.56 Å². The van der Waals surface area contributed by atoms with Gasteiger partial charge in [0.2, 0.25) is 11.6 Å². The summed E-state index contributed by atoms with van der Waals surface area (Å²) in [4.78, 5) is 48.3. The maximum absolute atomic E-state index is 12.7. The van der Waals surface area contributed by atoms with E-state index in [0.717, 1.165) is 0 Å². The molecule has 7 nitrogen and oxygen atoms in total. The standard InChI is InChI=1S/C21H16O7/c1-28-16(22)10-15(11-6-8-12(9-7-11)21(26)27)17-18(23)13-4-2-3-5-14(13)19(24)20(17)25/h2-9,15,23H,10H2,1H3,(H,26,27)/t15-/m0/s1. The van der Waals surface area contributed by atoms with Gasteiger partial charge in [-0.1, -0.05) is 36.4 Å². The molecule has 0 aliphatic heterocycles. The first-order valence-corrected chi connectivity index (χ1v) is 8.36. The zero-order valence-electron chi connectivity index (χ0n) is 14.8. The van der Waals surface area contributed by atoms with Gasteiger partial charge in [0.05, 0.1) is 24.7 Å². The van der Waals surface area contributed by atoms with Crippen LogP contribution in [0.5, 0.6) is 0 Å². The van der Waals surface area contributed by atoms with Crippen molar-refractivity contribution in [2.75, 3.05) is 7.11 Å². The molecule has 1 aliphatic rings. The van der Waals surface area contributed by atoms with Crippen molar-refractivity contribution in [3.8, 4) is 0 Å². The van der Waals surface area contributed by atoms with Crippen molar-refractivity contribution in [2.45, 2.75) is 12.3 Å². The molecule has 0 spiro atoms. The fourth-order valence-electron chi connectivity index (χ4n) is 3.20. The summed E-state index contributed by atoms with van der Waals surface area (Å²) in [5.74, 6) is -4.81. The molecule has 1 atom stereocenters. The maximum atomic E-state index is 12.7. The lowest BCUT2D eigenvalue weighted by Gasteiger charge is -2.24. The number of ketones is 2. The van der Waals surface area contributed by atoms with Gasteiger partial charge < -0.3 is 14.9 Å². The minimum atomic E-state index is -1.13. The Kier molecular flexibility index (Phi) is 5.08. The SMILES string of the molecule is COC(=O)C[C@H](C1=C(O)c2ccccc2C(=O)C1=O)c1ccc(C(=O)O)cc1. The second-order valence-electron chi connectivity index (χ2n) is 6.23. The van der Waals surface area contributed by atoms with Gasteiger partial charge in [-0.3, -0.25) is 14.4 Å². The van der Waals surface area contributed by atoms with Crippen molar-refractivity contribution in [3.63, 3.8) is 0 Å². The van der Waals surface area contributed by atoms with Crippen LogP contribution in [0.3, 0.4) is 0 Å². The van der Waals surface area contributed by atoms with Gasteiger partial charge in [-0.25, -0.2) is 4.79 Å². The number of fused-ring (bicyclic) bond motifs is 1. The average molecular weight is 380 g/mol. The van der Waals surface area contributed by atoms with Crippen molar-refractivity contribution in [2.24, 2.45) is 0 Å². The van der Waals surface area contributed by atoms with E-state index in [1.54, 1.807) is 12.1 Å². The normalized spacial score (nSPS) is 14.5. The third-order valence-electron chi connectivity index (χ3n) is 4.64. The number of carboxylic acid groups (broad SMARTS) is 1. The highest BCUT2D eigenvalue weighted by molar-refractivity contribution is 6.52. The van der Waals surface area contributed by atoms with Crippen LogP contribution < -0.4 is 0 Å². The van der Waals surface area contributed by atoms with Crippen LogP contribution in [0.25, 0.3) is 5.76 Å². The van der Waals surface area contributed by atoms with Crippen molar-refractivity contribution in [3.05, 3.63) is 76.4 Å². The highest BCUT2D eigenvalue weighted by Crippen LogP contribution is 2.38. The van der Waals surface area contributed by atoms with Gasteiger partial charge in [0, 0.05) is 17.0 Å². The molecular formula is C21H16O7. The number of ether oxygens (including phenoxy) is 1. The summed E-state index contributed by atoms with van der Waals surface area (Å²) in [6.07, 6.45) is -0.302. The fourth-order valence-corrected chi connectivity index (χ4v) is 3.20. The van der Waals surface area contributed by atoms with E-state index in [2.05, 4.69) is 4.74 Å². The predicted molar refractivity (Wildman–Crippen MR) is 98.1 cm³/mol. The molecule has 28 heavy (non-hydrogen) atoms. The average Bonchev–Trinajstić information content (AvgIpc) is 2.71. The first-order valence-electron chi connectivity index (χ1n) is 8.36. The second-order valence-corrected chi connectivity index (χ2v) is 6.23. The number of rotatable bonds is 5. The van der Waals surface area contributed by atoms with E-state index in [9.17, 15) is 24.3 Å². The maximum Gasteiger partial charge on any atom is 0.335 e. The highest BCUT2D eigenvalue weighted by Gasteiger charge is 2.38. The fraction of sp³-hybridized carbons (Fsp3) is 0.143.